The minimum atomic E-state index is -1.43. The van der Waals surface area contributed by atoms with E-state index in [1.807, 2.05) is 0 Å². The Morgan fingerprint density at radius 1 is 0.302 bits per heavy atom. The van der Waals surface area contributed by atoms with E-state index in [0.717, 1.165) is 62.3 Å². The summed E-state index contributed by atoms with van der Waals surface area (Å²) in [5.41, 5.74) is 0. The van der Waals surface area contributed by atoms with E-state index in [2.05, 4.69) is 37.2 Å². The molecular weight excluding hydrogens is 1690 g/mol. The highest BCUT2D eigenvalue weighted by Gasteiger charge is 2.54. The molecule has 0 aromatic heterocycles. The largest absolute Gasteiger partial charge is 0.480 e. The van der Waals surface area contributed by atoms with Crippen molar-refractivity contribution in [1.29, 1.82) is 0 Å². The van der Waals surface area contributed by atoms with E-state index in [0.29, 0.717) is 0 Å². The number of esters is 9. The molecule has 49 nitrogen and oxygen atoms in total. The van der Waals surface area contributed by atoms with Gasteiger partial charge in [-0.15, -0.1) is 0 Å². The fourth-order valence-electron chi connectivity index (χ4n) is 12.2. The van der Waals surface area contributed by atoms with Crippen LogP contribution in [-0.2, 0) is 195 Å². The number of carboxylic acids is 1. The number of hydrogen-bond acceptors (Lipinski definition) is 41. The van der Waals surface area contributed by atoms with Crippen molar-refractivity contribution < 1.29 is 200 Å². The quantitative estimate of drug-likeness (QED) is 0.0124. The highest BCUT2D eigenvalue weighted by atomic mass is 16.8. The van der Waals surface area contributed by atoms with Gasteiger partial charge < -0.3 is 156 Å². The van der Waals surface area contributed by atoms with E-state index in [9.17, 15) is 86.6 Å². The lowest BCUT2D eigenvalue weighted by atomic mass is 9.96. The summed E-state index contributed by atoms with van der Waals surface area (Å²) >= 11 is 0. The van der Waals surface area contributed by atoms with Crippen molar-refractivity contribution in [2.75, 3.05) is 165 Å². The minimum absolute atomic E-state index is 0.00509. The van der Waals surface area contributed by atoms with Gasteiger partial charge in [0, 0.05) is 96.2 Å². The van der Waals surface area contributed by atoms with Gasteiger partial charge in [-0.1, -0.05) is 0 Å². The molecule has 3 fully saturated rings. The van der Waals surface area contributed by atoms with Gasteiger partial charge in [0.15, 0.2) is 55.5 Å². The number of ether oxygens (including phenoxy) is 24. The van der Waals surface area contributed by atoms with Crippen LogP contribution in [0, 0.1) is 0 Å². The molecule has 7 amide bonds. The Hall–Kier alpha value is -9.61. The summed E-state index contributed by atoms with van der Waals surface area (Å²) in [7, 11) is 0. The SMILES string of the molecule is CC(=O)N[C@H]1[C@H](OCCOCCOCCOCC(=O)NCCCC[C@H](NC(=O)[C@H](CCCCNC(=O)COCCOCCOCCO[C@@H]2O[C@H](COC(C)=O)[C@H](OC(C)=O)[C@H](OC(C)=O)[C@H]2NC(C)=O)NC(=O)COCCOCCOCO[C@@H]2O[C@H](COC(C)=O)[C@H](OC(C)=O)[C@H](OC(C)=O)[C@H]2NC(C)=O)C(=O)O)O[C@H](COC(C)=O)[C@H](OC(C)=O)[C@@H]1OC(C)=O. The Bertz CT molecular complexity index is 3410. The van der Waals surface area contributed by atoms with Crippen LogP contribution in [0.15, 0.2) is 0 Å². The molecule has 3 saturated heterocycles. The molecule has 3 rings (SSSR count). The summed E-state index contributed by atoms with van der Waals surface area (Å²) in [4.78, 5) is 209. The molecule has 0 saturated carbocycles. The minimum Gasteiger partial charge on any atom is -0.480 e. The number of unbranched alkanes of at least 4 members (excludes halogenated alkanes) is 2. The van der Waals surface area contributed by atoms with Gasteiger partial charge in [0.2, 0.25) is 41.4 Å². The first-order valence-corrected chi connectivity index (χ1v) is 40.6. The molecule has 126 heavy (non-hydrogen) atoms. The first-order chi connectivity index (χ1) is 60.0. The van der Waals surface area contributed by atoms with Crippen LogP contribution in [0.2, 0.25) is 0 Å². The summed E-state index contributed by atoms with van der Waals surface area (Å²) in [6.45, 7) is 10.9. The van der Waals surface area contributed by atoms with Crippen LogP contribution >= 0.6 is 0 Å². The average molecular weight is 1820 g/mol. The van der Waals surface area contributed by atoms with E-state index in [1.54, 1.807) is 0 Å². The van der Waals surface area contributed by atoms with Crippen molar-refractivity contribution in [1.82, 2.24) is 37.2 Å². The van der Waals surface area contributed by atoms with Gasteiger partial charge in [0.05, 0.1) is 106 Å². The number of amides is 7. The maximum atomic E-state index is 13.8. The van der Waals surface area contributed by atoms with Gasteiger partial charge in [-0.2, -0.15) is 0 Å². The van der Waals surface area contributed by atoms with Crippen molar-refractivity contribution in [3.8, 4) is 0 Å². The number of nitrogens with one attached hydrogen (secondary N) is 7. The zero-order valence-corrected chi connectivity index (χ0v) is 72.9. The molecule has 0 aromatic carbocycles. The molecule has 3 aliphatic rings. The molecule has 0 bridgehead atoms. The fourth-order valence-corrected chi connectivity index (χ4v) is 12.2. The van der Waals surface area contributed by atoms with Crippen LogP contribution in [0.3, 0.4) is 0 Å². The highest BCUT2D eigenvalue weighted by molar-refractivity contribution is 5.90. The van der Waals surface area contributed by atoms with Gasteiger partial charge in [-0.3, -0.25) is 76.7 Å². The second kappa shape index (κ2) is 63.3. The second-order valence-electron chi connectivity index (χ2n) is 28.0. The summed E-state index contributed by atoms with van der Waals surface area (Å²) < 4.78 is 133. The van der Waals surface area contributed by atoms with Crippen molar-refractivity contribution in [2.45, 2.75) is 226 Å². The summed E-state index contributed by atoms with van der Waals surface area (Å²) in [5, 5.41) is 28.3. The molecule has 0 aliphatic carbocycles. The van der Waals surface area contributed by atoms with Gasteiger partial charge in [0.1, 0.15) is 95.0 Å². The van der Waals surface area contributed by atoms with Gasteiger partial charge in [0.25, 0.3) is 0 Å². The Labute approximate surface area is 727 Å². The number of hydrogen-bond donors (Lipinski definition) is 8. The molecule has 0 unspecified atom stereocenters. The first-order valence-electron chi connectivity index (χ1n) is 40.6. The molecule has 718 valence electrons. The van der Waals surface area contributed by atoms with Crippen LogP contribution in [0.1, 0.15) is 122 Å². The molecule has 17 atom stereocenters. The smallest absolute Gasteiger partial charge is 0.326 e. The van der Waals surface area contributed by atoms with Crippen molar-refractivity contribution in [2.24, 2.45) is 0 Å². The lowest BCUT2D eigenvalue weighted by Crippen LogP contribution is -2.66. The van der Waals surface area contributed by atoms with E-state index in [1.165, 1.54) is 20.8 Å². The van der Waals surface area contributed by atoms with Crippen LogP contribution in [0.4, 0.5) is 0 Å². The number of rotatable bonds is 64. The van der Waals surface area contributed by atoms with Gasteiger partial charge in [-0.25, -0.2) is 4.79 Å². The third kappa shape index (κ3) is 48.4. The number of aliphatic carboxylic acids is 1. The fraction of sp³-hybridized carbons (Fsp3) is 0.779. The van der Waals surface area contributed by atoms with E-state index < -0.39 is 238 Å². The normalized spacial score (nSPS) is 22.4. The summed E-state index contributed by atoms with van der Waals surface area (Å²) in [6, 6.07) is -6.29. The molecule has 0 aromatic rings. The maximum Gasteiger partial charge on any atom is 0.326 e. The third-order valence-electron chi connectivity index (χ3n) is 17.2. The zero-order valence-electron chi connectivity index (χ0n) is 72.9. The predicted molar refractivity (Wildman–Crippen MR) is 418 cm³/mol. The molecule has 3 heterocycles. The Kier molecular flexibility index (Phi) is 55.6. The first kappa shape index (κ1) is 111. The number of carbonyl (C=O) groups excluding carboxylic acids is 16. The van der Waals surface area contributed by atoms with Crippen LogP contribution in [0.25, 0.3) is 0 Å². The number of carboxylic acid groups (broad SMARTS) is 1. The topological polar surface area (TPSA) is 616 Å². The molecule has 0 spiro atoms. The third-order valence-corrected chi connectivity index (χ3v) is 17.2. The van der Waals surface area contributed by atoms with Crippen molar-refractivity contribution in [3.05, 3.63) is 0 Å². The van der Waals surface area contributed by atoms with Crippen molar-refractivity contribution in [3.63, 3.8) is 0 Å². The predicted octanol–water partition coefficient (Wildman–Crippen LogP) is -4.26. The Morgan fingerprint density at radius 2 is 0.579 bits per heavy atom. The van der Waals surface area contributed by atoms with Crippen LogP contribution < -0.4 is 37.2 Å². The molecule has 3 aliphatic heterocycles. The van der Waals surface area contributed by atoms with Crippen LogP contribution in [0.5, 0.6) is 0 Å². The lowest BCUT2D eigenvalue weighted by Gasteiger charge is -2.44. The maximum absolute atomic E-state index is 13.8. The standard InChI is InChI=1S/C77H123N7O42/c1-44(85)80-64-70(121-53(10)94)67(118-50(7)91)58(37-114-47(4)88)124-75(64)112-35-33-106-23-21-103-25-29-108-40-61(97)78-19-15-13-17-56(83-63(99)42-110-31-27-105-28-32-111-43-117-77-66(82-46(3)87)72(123-55(12)96)69(120-52(9)93)60(126-77)39-116-49(6)90)73(100)84-57(74(101)102)18-14-16-20-79-62(98)41-109-30-26-104-22-24-107-34-36-113-76-65(81-45(2)86)71(122-54(11)95)68(119-51(8)92)59(125-76)38-115-48(5)89/h56-60,64-72,75-77H,13-43H2,1-12H3,(H,78,97)(H,79,98)(H,80,85)(H,81,86)(H,82,87)(H,83,99)(H,84,100)(H,101,102)/t56-,57-,58+,59+,60+,64+,65+,66+,67-,68-,69-,70+,71+,72+,75+,76+,77+/m0/s1. The van der Waals surface area contributed by atoms with Crippen LogP contribution in [-0.4, -0.2) is 375 Å². The van der Waals surface area contributed by atoms with E-state index in [-0.39, 0.29) is 171 Å². The molecule has 8 N–H and O–H groups in total. The zero-order chi connectivity index (χ0) is 93.5. The number of carbonyl (C=O) groups is 17. The summed E-state index contributed by atoms with van der Waals surface area (Å²) in [6.07, 6.45) is -14.5. The monoisotopic (exact) mass is 1820 g/mol. The Balaban J connectivity index is 1.47. The Morgan fingerprint density at radius 3 is 0.881 bits per heavy atom. The molecule has 49 heteroatoms. The van der Waals surface area contributed by atoms with Crippen molar-refractivity contribution >= 4 is 101 Å². The molecule has 0 radical (unpaired) electrons. The van der Waals surface area contributed by atoms with E-state index >= 15 is 0 Å². The highest BCUT2D eigenvalue weighted by Crippen LogP contribution is 2.32. The molecular formula is C77H123N7O42. The second-order valence-corrected chi connectivity index (χ2v) is 28.0. The summed E-state index contributed by atoms with van der Waals surface area (Å²) in [5.74, 6) is -12.3. The lowest BCUT2D eigenvalue weighted by molar-refractivity contribution is -0.294. The average Bonchev–Trinajstić information content (AvgIpc) is 0.796. The van der Waals surface area contributed by atoms with Gasteiger partial charge in [-0.05, 0) is 38.5 Å². The van der Waals surface area contributed by atoms with Gasteiger partial charge >= 0.3 is 59.7 Å². The van der Waals surface area contributed by atoms with E-state index in [4.69, 9.17) is 114 Å².